The number of carbonyl (C=O) groups is 1. The number of nitrogens with one attached hydrogen (secondary N) is 1. The number of phenols is 1. The average molecular weight is 388 g/mol. The van der Waals surface area contributed by atoms with Crippen LogP contribution in [0.5, 0.6) is 11.5 Å². The van der Waals surface area contributed by atoms with Crippen molar-refractivity contribution in [3.05, 3.63) is 67.3 Å². The molecular weight excluding hydrogens is 372 g/mol. The van der Waals surface area contributed by atoms with Gasteiger partial charge in [-0.25, -0.2) is 5.43 Å². The molecular formula is C17H16N4O7. The summed E-state index contributed by atoms with van der Waals surface area (Å²) in [6, 6.07) is 6.97. The summed E-state index contributed by atoms with van der Waals surface area (Å²) < 4.78 is 5.34. The van der Waals surface area contributed by atoms with Crippen molar-refractivity contribution < 1.29 is 24.5 Å². The Morgan fingerprint density at radius 1 is 1.14 bits per heavy atom. The predicted molar refractivity (Wildman–Crippen MR) is 98.6 cm³/mol. The summed E-state index contributed by atoms with van der Waals surface area (Å²) in [6.07, 6.45) is 0.865. The van der Waals surface area contributed by atoms with E-state index in [9.17, 15) is 30.1 Å². The Kier molecular flexibility index (Phi) is 6.22. The number of aromatic hydroxyl groups is 1. The van der Waals surface area contributed by atoms with Crippen molar-refractivity contribution in [1.29, 1.82) is 0 Å². The summed E-state index contributed by atoms with van der Waals surface area (Å²) >= 11 is 0. The van der Waals surface area contributed by atoms with Crippen molar-refractivity contribution >= 4 is 23.5 Å². The molecule has 0 aliphatic rings. The molecule has 0 bridgehead atoms. The first-order valence-electron chi connectivity index (χ1n) is 7.86. The number of nitro benzene ring substituents is 2. The molecule has 2 aromatic rings. The predicted octanol–water partition coefficient (Wildman–Crippen LogP) is 2.35. The molecule has 11 nitrogen and oxygen atoms in total. The first-order valence-corrected chi connectivity index (χ1v) is 7.86. The molecule has 0 atom stereocenters. The fraction of sp³-hybridized carbons (Fsp3) is 0.176. The molecule has 0 saturated carbocycles. The van der Waals surface area contributed by atoms with Gasteiger partial charge in [0, 0.05) is 6.07 Å². The van der Waals surface area contributed by atoms with Gasteiger partial charge >= 0.3 is 5.69 Å². The molecule has 0 fully saturated rings. The van der Waals surface area contributed by atoms with Gasteiger partial charge in [0.15, 0.2) is 6.61 Å². The third-order valence-electron chi connectivity index (χ3n) is 3.47. The minimum absolute atomic E-state index is 0.295. The van der Waals surface area contributed by atoms with Gasteiger partial charge in [-0.3, -0.25) is 25.0 Å². The lowest BCUT2D eigenvalue weighted by atomic mass is 10.1. The second kappa shape index (κ2) is 8.58. The van der Waals surface area contributed by atoms with Crippen LogP contribution in [-0.2, 0) is 4.79 Å². The van der Waals surface area contributed by atoms with E-state index in [1.807, 2.05) is 19.9 Å². The van der Waals surface area contributed by atoms with Crippen LogP contribution in [0.4, 0.5) is 11.4 Å². The number of carbonyl (C=O) groups excluding carboxylic acids is 1. The molecule has 0 aliphatic carbocycles. The van der Waals surface area contributed by atoms with E-state index in [2.05, 4.69) is 10.5 Å². The van der Waals surface area contributed by atoms with Crippen LogP contribution in [-0.4, -0.2) is 33.7 Å². The number of rotatable bonds is 7. The smallest absolute Gasteiger partial charge is 0.318 e. The number of aryl methyl sites for hydroxylation is 2. The van der Waals surface area contributed by atoms with Gasteiger partial charge in [0.05, 0.1) is 27.7 Å². The second-order valence-corrected chi connectivity index (χ2v) is 5.82. The lowest BCUT2D eigenvalue weighted by Gasteiger charge is -2.07. The van der Waals surface area contributed by atoms with Crippen LogP contribution in [0.25, 0.3) is 0 Å². The Morgan fingerprint density at radius 3 is 2.36 bits per heavy atom. The molecule has 11 heteroatoms. The van der Waals surface area contributed by atoms with Gasteiger partial charge in [-0.05, 0) is 37.1 Å². The third kappa shape index (κ3) is 5.24. The third-order valence-corrected chi connectivity index (χ3v) is 3.47. The lowest BCUT2D eigenvalue weighted by molar-refractivity contribution is -0.394. The SMILES string of the molecule is Cc1cc(C)cc(OCC(=O)N/N=C\c2cc([N+](=O)[O-])cc([N+](=O)[O-])c2O)c1. The normalized spacial score (nSPS) is 10.6. The van der Waals surface area contributed by atoms with Crippen molar-refractivity contribution in [3.8, 4) is 11.5 Å². The van der Waals surface area contributed by atoms with Crippen LogP contribution >= 0.6 is 0 Å². The Balaban J connectivity index is 2.06. The standard InChI is InChI=1S/C17H16N4O7/c1-10-3-11(2)5-14(4-10)28-9-16(22)19-18-8-12-6-13(20(24)25)7-15(17(12)23)21(26)27/h3-8,23H,9H2,1-2H3,(H,19,22)/b18-8-. The van der Waals surface area contributed by atoms with Crippen molar-refractivity contribution in [1.82, 2.24) is 5.43 Å². The Hall–Kier alpha value is -4.02. The quantitative estimate of drug-likeness (QED) is 0.418. The van der Waals surface area contributed by atoms with Crippen LogP contribution in [0.1, 0.15) is 16.7 Å². The summed E-state index contributed by atoms with van der Waals surface area (Å²) in [5, 5.41) is 35.1. The summed E-state index contributed by atoms with van der Waals surface area (Å²) in [5.41, 5.74) is 2.30. The maximum atomic E-state index is 11.8. The second-order valence-electron chi connectivity index (χ2n) is 5.82. The highest BCUT2D eigenvalue weighted by Gasteiger charge is 2.23. The van der Waals surface area contributed by atoms with Crippen molar-refractivity contribution in [2.45, 2.75) is 13.8 Å². The molecule has 0 aromatic heterocycles. The molecule has 0 saturated heterocycles. The molecule has 0 unspecified atom stereocenters. The summed E-state index contributed by atoms with van der Waals surface area (Å²) in [6.45, 7) is 3.42. The number of phenolic OH excluding ortho intramolecular Hbond substituents is 1. The first-order chi connectivity index (χ1) is 13.2. The zero-order valence-corrected chi connectivity index (χ0v) is 14.9. The Labute approximate surface area is 158 Å². The van der Waals surface area contributed by atoms with E-state index in [-0.39, 0.29) is 12.2 Å². The topological polar surface area (TPSA) is 157 Å². The van der Waals surface area contributed by atoms with Crippen LogP contribution in [0.3, 0.4) is 0 Å². The van der Waals surface area contributed by atoms with Gasteiger partial charge < -0.3 is 9.84 Å². The van der Waals surface area contributed by atoms with Crippen molar-refractivity contribution in [3.63, 3.8) is 0 Å². The number of benzene rings is 2. The molecule has 0 radical (unpaired) electrons. The number of ether oxygens (including phenoxy) is 1. The van der Waals surface area contributed by atoms with Crippen LogP contribution in [0.2, 0.25) is 0 Å². The number of amides is 1. The van der Waals surface area contributed by atoms with Gasteiger partial charge in [-0.2, -0.15) is 5.10 Å². The van der Waals surface area contributed by atoms with Crippen molar-refractivity contribution in [2.24, 2.45) is 5.10 Å². The number of nitro groups is 2. The van der Waals surface area contributed by atoms with E-state index in [4.69, 9.17) is 4.74 Å². The number of nitrogens with zero attached hydrogens (tertiary/aromatic N) is 3. The number of hydrogen-bond donors (Lipinski definition) is 2. The van der Waals surface area contributed by atoms with Crippen LogP contribution < -0.4 is 10.2 Å². The highest BCUT2D eigenvalue weighted by Crippen LogP contribution is 2.33. The number of non-ortho nitro benzene ring substituents is 1. The van der Waals surface area contributed by atoms with Gasteiger partial charge in [-0.15, -0.1) is 0 Å². The van der Waals surface area contributed by atoms with E-state index in [1.165, 1.54) is 0 Å². The molecule has 0 aliphatic heterocycles. The van der Waals surface area contributed by atoms with E-state index >= 15 is 0 Å². The maximum absolute atomic E-state index is 11.8. The van der Waals surface area contributed by atoms with E-state index < -0.39 is 32.9 Å². The molecule has 0 heterocycles. The maximum Gasteiger partial charge on any atom is 0.318 e. The average Bonchev–Trinajstić information content (AvgIpc) is 2.60. The molecule has 28 heavy (non-hydrogen) atoms. The molecule has 1 amide bonds. The van der Waals surface area contributed by atoms with Gasteiger partial charge in [-0.1, -0.05) is 6.07 Å². The largest absolute Gasteiger partial charge is 0.502 e. The zero-order chi connectivity index (χ0) is 20.8. The number of hydrazone groups is 1. The molecule has 2 rings (SSSR count). The summed E-state index contributed by atoms with van der Waals surface area (Å²) in [5.74, 6) is -0.932. The molecule has 2 aromatic carbocycles. The first kappa shape index (κ1) is 20.3. The fourth-order valence-electron chi connectivity index (χ4n) is 2.34. The number of hydrogen-bond acceptors (Lipinski definition) is 8. The minimum Gasteiger partial charge on any atom is -0.502 e. The van der Waals surface area contributed by atoms with Crippen LogP contribution in [0.15, 0.2) is 35.4 Å². The lowest BCUT2D eigenvalue weighted by Crippen LogP contribution is -2.24. The van der Waals surface area contributed by atoms with Gasteiger partial charge in [0.2, 0.25) is 5.75 Å². The van der Waals surface area contributed by atoms with Gasteiger partial charge in [0.1, 0.15) is 5.75 Å². The summed E-state index contributed by atoms with van der Waals surface area (Å²) in [4.78, 5) is 31.7. The molecule has 2 N–H and O–H groups in total. The van der Waals surface area contributed by atoms with E-state index in [0.717, 1.165) is 23.4 Å². The Morgan fingerprint density at radius 2 is 1.79 bits per heavy atom. The zero-order valence-electron chi connectivity index (χ0n) is 14.9. The van der Waals surface area contributed by atoms with E-state index in [1.54, 1.807) is 12.1 Å². The Bertz CT molecular complexity index is 952. The molecule has 146 valence electrons. The summed E-state index contributed by atoms with van der Waals surface area (Å²) in [7, 11) is 0. The molecule has 0 spiro atoms. The minimum atomic E-state index is -0.962. The van der Waals surface area contributed by atoms with E-state index in [0.29, 0.717) is 11.8 Å². The van der Waals surface area contributed by atoms with Crippen molar-refractivity contribution in [2.75, 3.05) is 6.61 Å². The highest BCUT2D eigenvalue weighted by molar-refractivity contribution is 5.88. The van der Waals surface area contributed by atoms with Gasteiger partial charge in [0.25, 0.3) is 11.6 Å². The van der Waals surface area contributed by atoms with Crippen LogP contribution in [0, 0.1) is 34.1 Å². The monoisotopic (exact) mass is 388 g/mol. The fourth-order valence-corrected chi connectivity index (χ4v) is 2.34. The highest BCUT2D eigenvalue weighted by atomic mass is 16.6.